The molecule has 0 unspecified atom stereocenters. The van der Waals surface area contributed by atoms with Crippen LogP contribution in [0.3, 0.4) is 0 Å². The molecule has 1 aliphatic rings. The topological polar surface area (TPSA) is 66.9 Å². The van der Waals surface area contributed by atoms with Gasteiger partial charge in [-0.25, -0.2) is 9.97 Å². The molecule has 2 N–H and O–H groups in total. The molecule has 0 saturated heterocycles. The van der Waals surface area contributed by atoms with Crippen molar-refractivity contribution in [1.82, 2.24) is 15.3 Å². The minimum atomic E-state index is -0.128. The molecule has 0 atom stereocenters. The van der Waals surface area contributed by atoms with Crippen molar-refractivity contribution in [2.75, 3.05) is 11.9 Å². The molecule has 5 nitrogen and oxygen atoms in total. The van der Waals surface area contributed by atoms with E-state index in [0.717, 1.165) is 25.8 Å². The first kappa shape index (κ1) is 10.9. The van der Waals surface area contributed by atoms with Crippen LogP contribution in [0.2, 0.25) is 0 Å². The Hall–Kier alpha value is -1.65. The highest BCUT2D eigenvalue weighted by molar-refractivity contribution is 5.92. The zero-order valence-corrected chi connectivity index (χ0v) is 9.36. The number of aromatic nitrogens is 2. The number of amides is 1. The highest BCUT2D eigenvalue weighted by atomic mass is 16.2. The molecule has 1 aromatic heterocycles. The van der Waals surface area contributed by atoms with Crippen LogP contribution in [0.15, 0.2) is 12.4 Å². The normalized spacial score (nSPS) is 14.6. The zero-order chi connectivity index (χ0) is 11.4. The second kappa shape index (κ2) is 4.92. The van der Waals surface area contributed by atoms with Crippen LogP contribution in [0, 0.1) is 0 Å². The minimum Gasteiger partial charge on any atom is -0.369 e. The predicted octanol–water partition coefficient (Wildman–Crippen LogP) is 1.19. The highest BCUT2D eigenvalue weighted by Gasteiger charge is 2.24. The highest BCUT2D eigenvalue weighted by Crippen LogP contribution is 2.18. The molecule has 0 spiro atoms. The number of nitrogens with zero attached hydrogens (tertiary/aromatic N) is 2. The SMILES string of the molecule is CCCNc1cnc(C(=O)NC2CC2)cn1. The smallest absolute Gasteiger partial charge is 0.271 e. The average molecular weight is 220 g/mol. The third kappa shape index (κ3) is 2.92. The molecule has 0 bridgehead atoms. The summed E-state index contributed by atoms with van der Waals surface area (Å²) in [5.41, 5.74) is 0.383. The molecule has 1 aliphatic carbocycles. The zero-order valence-electron chi connectivity index (χ0n) is 9.36. The number of nitrogens with one attached hydrogen (secondary N) is 2. The second-order valence-electron chi connectivity index (χ2n) is 3.96. The maximum Gasteiger partial charge on any atom is 0.271 e. The van der Waals surface area contributed by atoms with E-state index in [2.05, 4.69) is 27.5 Å². The van der Waals surface area contributed by atoms with Crippen molar-refractivity contribution in [3.8, 4) is 0 Å². The van der Waals surface area contributed by atoms with Crippen molar-refractivity contribution >= 4 is 11.7 Å². The summed E-state index contributed by atoms with van der Waals surface area (Å²) in [4.78, 5) is 19.8. The summed E-state index contributed by atoms with van der Waals surface area (Å²) < 4.78 is 0. The summed E-state index contributed by atoms with van der Waals surface area (Å²) in [6.45, 7) is 2.94. The lowest BCUT2D eigenvalue weighted by Crippen LogP contribution is -2.26. The third-order valence-electron chi connectivity index (χ3n) is 2.35. The van der Waals surface area contributed by atoms with Gasteiger partial charge in [0.25, 0.3) is 5.91 Å². The number of hydrogen-bond acceptors (Lipinski definition) is 4. The Morgan fingerprint density at radius 1 is 1.44 bits per heavy atom. The molecular weight excluding hydrogens is 204 g/mol. The van der Waals surface area contributed by atoms with Crippen molar-refractivity contribution in [3.63, 3.8) is 0 Å². The molecule has 1 heterocycles. The van der Waals surface area contributed by atoms with E-state index in [1.54, 1.807) is 6.20 Å². The van der Waals surface area contributed by atoms with Crippen molar-refractivity contribution in [1.29, 1.82) is 0 Å². The molecule has 1 fully saturated rings. The molecule has 1 saturated carbocycles. The summed E-state index contributed by atoms with van der Waals surface area (Å²) in [5, 5.41) is 5.98. The van der Waals surface area contributed by atoms with E-state index in [9.17, 15) is 4.79 Å². The van der Waals surface area contributed by atoms with Crippen LogP contribution in [0.25, 0.3) is 0 Å². The lowest BCUT2D eigenvalue weighted by Gasteiger charge is -2.04. The monoisotopic (exact) mass is 220 g/mol. The summed E-state index contributed by atoms with van der Waals surface area (Å²) >= 11 is 0. The van der Waals surface area contributed by atoms with Gasteiger partial charge in [-0.3, -0.25) is 4.79 Å². The van der Waals surface area contributed by atoms with Crippen LogP contribution in [0.1, 0.15) is 36.7 Å². The number of carbonyl (C=O) groups is 1. The van der Waals surface area contributed by atoms with Gasteiger partial charge in [-0.2, -0.15) is 0 Å². The Labute approximate surface area is 94.7 Å². The van der Waals surface area contributed by atoms with Gasteiger partial charge in [-0.15, -0.1) is 0 Å². The molecule has 2 rings (SSSR count). The van der Waals surface area contributed by atoms with E-state index in [0.29, 0.717) is 17.6 Å². The lowest BCUT2D eigenvalue weighted by atomic mass is 10.4. The number of carbonyl (C=O) groups excluding carboxylic acids is 1. The van der Waals surface area contributed by atoms with E-state index < -0.39 is 0 Å². The number of rotatable bonds is 5. The quantitative estimate of drug-likeness (QED) is 0.782. The van der Waals surface area contributed by atoms with Crippen molar-refractivity contribution in [3.05, 3.63) is 18.1 Å². The van der Waals surface area contributed by atoms with Gasteiger partial charge in [0.1, 0.15) is 11.5 Å². The molecule has 16 heavy (non-hydrogen) atoms. The summed E-state index contributed by atoms with van der Waals surface area (Å²) in [7, 11) is 0. The lowest BCUT2D eigenvalue weighted by molar-refractivity contribution is 0.0945. The third-order valence-corrected chi connectivity index (χ3v) is 2.35. The molecule has 86 valence electrons. The summed E-state index contributed by atoms with van der Waals surface area (Å²) in [6, 6.07) is 0.354. The first-order chi connectivity index (χ1) is 7.79. The van der Waals surface area contributed by atoms with Crippen LogP contribution >= 0.6 is 0 Å². The second-order valence-corrected chi connectivity index (χ2v) is 3.96. The maximum atomic E-state index is 11.6. The fourth-order valence-corrected chi connectivity index (χ4v) is 1.28. The summed E-state index contributed by atoms with van der Waals surface area (Å²) in [6.07, 6.45) is 6.30. The van der Waals surface area contributed by atoms with Crippen molar-refractivity contribution in [2.45, 2.75) is 32.2 Å². The molecule has 1 amide bonds. The molecular formula is C11H16N4O. The van der Waals surface area contributed by atoms with Crippen LogP contribution < -0.4 is 10.6 Å². The Balaban J connectivity index is 1.92. The number of hydrogen-bond donors (Lipinski definition) is 2. The Morgan fingerprint density at radius 2 is 2.25 bits per heavy atom. The van der Waals surface area contributed by atoms with E-state index >= 15 is 0 Å². The molecule has 0 aliphatic heterocycles. The average Bonchev–Trinajstić information content (AvgIpc) is 3.11. The van der Waals surface area contributed by atoms with Crippen LogP contribution in [0.5, 0.6) is 0 Å². The minimum absolute atomic E-state index is 0.128. The Bertz CT molecular complexity index is 359. The van der Waals surface area contributed by atoms with Crippen LogP contribution in [-0.2, 0) is 0 Å². The van der Waals surface area contributed by atoms with Gasteiger partial charge >= 0.3 is 0 Å². The van der Waals surface area contributed by atoms with Gasteiger partial charge in [-0.1, -0.05) is 6.92 Å². The molecule has 0 aromatic carbocycles. The largest absolute Gasteiger partial charge is 0.369 e. The molecule has 0 radical (unpaired) electrons. The van der Waals surface area contributed by atoms with Crippen LogP contribution in [0.4, 0.5) is 5.82 Å². The Kier molecular flexibility index (Phi) is 3.34. The fourth-order valence-electron chi connectivity index (χ4n) is 1.28. The van der Waals surface area contributed by atoms with Crippen molar-refractivity contribution in [2.24, 2.45) is 0 Å². The van der Waals surface area contributed by atoms with E-state index in [4.69, 9.17) is 0 Å². The van der Waals surface area contributed by atoms with Crippen LogP contribution in [-0.4, -0.2) is 28.5 Å². The first-order valence-electron chi connectivity index (χ1n) is 5.66. The summed E-state index contributed by atoms with van der Waals surface area (Å²) in [5.74, 6) is 0.585. The van der Waals surface area contributed by atoms with E-state index in [-0.39, 0.29) is 5.91 Å². The molecule has 1 aromatic rings. The standard InChI is InChI=1S/C11H16N4O/c1-2-5-12-10-7-13-9(6-14-10)11(16)15-8-3-4-8/h6-8H,2-5H2,1H3,(H,12,14)(H,15,16). The van der Waals surface area contributed by atoms with Gasteiger partial charge in [0, 0.05) is 12.6 Å². The van der Waals surface area contributed by atoms with Gasteiger partial charge in [-0.05, 0) is 19.3 Å². The Morgan fingerprint density at radius 3 is 2.81 bits per heavy atom. The van der Waals surface area contributed by atoms with Crippen molar-refractivity contribution < 1.29 is 4.79 Å². The van der Waals surface area contributed by atoms with Gasteiger partial charge in [0.05, 0.1) is 12.4 Å². The van der Waals surface area contributed by atoms with E-state index in [1.165, 1.54) is 6.20 Å². The predicted molar refractivity (Wildman–Crippen MR) is 61.3 cm³/mol. The first-order valence-corrected chi connectivity index (χ1v) is 5.66. The van der Waals surface area contributed by atoms with Gasteiger partial charge < -0.3 is 10.6 Å². The fraction of sp³-hybridized carbons (Fsp3) is 0.545. The maximum absolute atomic E-state index is 11.6. The van der Waals surface area contributed by atoms with E-state index in [1.807, 2.05) is 0 Å². The number of anilines is 1. The molecule has 5 heteroatoms. The van der Waals surface area contributed by atoms with Gasteiger partial charge in [0.15, 0.2) is 0 Å². The van der Waals surface area contributed by atoms with Gasteiger partial charge in [0.2, 0.25) is 0 Å².